The van der Waals surface area contributed by atoms with Gasteiger partial charge in [0, 0.05) is 26.1 Å². The Labute approximate surface area is 132 Å². The highest BCUT2D eigenvalue weighted by molar-refractivity contribution is 5.84. The van der Waals surface area contributed by atoms with Gasteiger partial charge in [-0.25, -0.2) is 0 Å². The van der Waals surface area contributed by atoms with Crippen molar-refractivity contribution in [3.05, 3.63) is 0 Å². The van der Waals surface area contributed by atoms with Gasteiger partial charge in [0.25, 0.3) is 0 Å². The third kappa shape index (κ3) is 2.87. The SMILES string of the molecule is COCC1(C(=O)O)CCN(C(=O)C2CC2C2CCCCC2)C1. The van der Waals surface area contributed by atoms with Crippen LogP contribution >= 0.6 is 0 Å². The fourth-order valence-corrected chi connectivity index (χ4v) is 4.51. The molecule has 1 saturated heterocycles. The number of aliphatic carboxylic acids is 1. The molecule has 0 bridgehead atoms. The third-order valence-electron chi connectivity index (χ3n) is 5.95. The molecule has 3 atom stereocenters. The van der Waals surface area contributed by atoms with Crippen molar-refractivity contribution in [1.29, 1.82) is 0 Å². The number of amides is 1. The summed E-state index contributed by atoms with van der Waals surface area (Å²) in [7, 11) is 1.52. The molecule has 0 radical (unpaired) electrons. The van der Waals surface area contributed by atoms with Gasteiger partial charge in [0.1, 0.15) is 5.41 Å². The first-order valence-corrected chi connectivity index (χ1v) is 8.58. The van der Waals surface area contributed by atoms with E-state index in [1.807, 2.05) is 0 Å². The first kappa shape index (κ1) is 15.8. The first-order valence-electron chi connectivity index (χ1n) is 8.58. The zero-order valence-electron chi connectivity index (χ0n) is 13.4. The molecule has 0 aromatic rings. The Bertz CT molecular complexity index is 446. The standard InChI is InChI=1S/C17H27NO4/c1-22-11-17(16(20)21)7-8-18(10-17)15(19)14-9-13(14)12-5-3-2-4-6-12/h12-14H,2-11H2,1H3,(H,20,21). The van der Waals surface area contributed by atoms with E-state index in [4.69, 9.17) is 4.74 Å². The highest BCUT2D eigenvalue weighted by Gasteiger charge is 2.53. The average molecular weight is 309 g/mol. The minimum atomic E-state index is -0.903. The molecule has 1 N–H and O–H groups in total. The van der Waals surface area contributed by atoms with Crippen LogP contribution in [0.5, 0.6) is 0 Å². The van der Waals surface area contributed by atoms with E-state index < -0.39 is 11.4 Å². The van der Waals surface area contributed by atoms with Gasteiger partial charge in [0.05, 0.1) is 6.61 Å². The number of nitrogens with zero attached hydrogens (tertiary/aromatic N) is 1. The van der Waals surface area contributed by atoms with Crippen LogP contribution in [0.4, 0.5) is 0 Å². The van der Waals surface area contributed by atoms with Crippen LogP contribution in [0.15, 0.2) is 0 Å². The smallest absolute Gasteiger partial charge is 0.313 e. The van der Waals surface area contributed by atoms with Crippen LogP contribution in [0.1, 0.15) is 44.9 Å². The molecule has 5 heteroatoms. The summed E-state index contributed by atoms with van der Waals surface area (Å²) in [6.45, 7) is 1.05. The highest BCUT2D eigenvalue weighted by Crippen LogP contribution is 2.50. The summed E-state index contributed by atoms with van der Waals surface area (Å²) in [5.74, 6) is 0.804. The molecular formula is C17H27NO4. The number of ether oxygens (including phenoxy) is 1. The third-order valence-corrected chi connectivity index (χ3v) is 5.95. The lowest BCUT2D eigenvalue weighted by Crippen LogP contribution is -2.40. The number of likely N-dealkylation sites (tertiary alicyclic amines) is 1. The fraction of sp³-hybridized carbons (Fsp3) is 0.882. The number of carboxylic acid groups (broad SMARTS) is 1. The van der Waals surface area contributed by atoms with Gasteiger partial charge < -0.3 is 14.7 Å². The summed E-state index contributed by atoms with van der Waals surface area (Å²) in [5, 5.41) is 9.49. The predicted molar refractivity (Wildman–Crippen MR) is 81.3 cm³/mol. The van der Waals surface area contributed by atoms with Crippen LogP contribution in [0.25, 0.3) is 0 Å². The van der Waals surface area contributed by atoms with E-state index in [0.717, 1.165) is 12.3 Å². The largest absolute Gasteiger partial charge is 0.481 e. The van der Waals surface area contributed by atoms with Crippen LogP contribution in [0.2, 0.25) is 0 Å². The molecule has 0 aromatic carbocycles. The molecule has 2 aliphatic carbocycles. The Kier molecular flexibility index (Phi) is 4.44. The van der Waals surface area contributed by atoms with Crippen molar-refractivity contribution < 1.29 is 19.4 Å². The second kappa shape index (κ2) is 6.19. The van der Waals surface area contributed by atoms with E-state index in [2.05, 4.69) is 0 Å². The molecule has 22 heavy (non-hydrogen) atoms. The molecule has 3 aliphatic rings. The Hall–Kier alpha value is -1.10. The van der Waals surface area contributed by atoms with E-state index in [0.29, 0.717) is 25.4 Å². The number of carbonyl (C=O) groups excluding carboxylic acids is 1. The Morgan fingerprint density at radius 1 is 1.27 bits per heavy atom. The quantitative estimate of drug-likeness (QED) is 0.845. The van der Waals surface area contributed by atoms with Crippen LogP contribution in [-0.4, -0.2) is 48.7 Å². The minimum Gasteiger partial charge on any atom is -0.481 e. The van der Waals surface area contributed by atoms with Crippen LogP contribution in [-0.2, 0) is 14.3 Å². The van der Waals surface area contributed by atoms with Gasteiger partial charge in [-0.3, -0.25) is 9.59 Å². The van der Waals surface area contributed by atoms with Crippen molar-refractivity contribution in [2.24, 2.45) is 23.2 Å². The number of methoxy groups -OCH3 is 1. The molecular weight excluding hydrogens is 282 g/mol. The summed E-state index contributed by atoms with van der Waals surface area (Å²) in [6, 6.07) is 0. The van der Waals surface area contributed by atoms with E-state index in [9.17, 15) is 14.7 Å². The van der Waals surface area contributed by atoms with Crippen LogP contribution < -0.4 is 0 Å². The number of hydrogen-bond acceptors (Lipinski definition) is 3. The van der Waals surface area contributed by atoms with Gasteiger partial charge in [-0.05, 0) is 24.7 Å². The van der Waals surface area contributed by atoms with Crippen molar-refractivity contribution in [3.63, 3.8) is 0 Å². The maximum Gasteiger partial charge on any atom is 0.313 e. The molecule has 124 valence electrons. The maximum atomic E-state index is 12.7. The zero-order valence-corrected chi connectivity index (χ0v) is 13.4. The molecule has 0 spiro atoms. The summed E-state index contributed by atoms with van der Waals surface area (Å²) in [4.78, 5) is 26.0. The lowest BCUT2D eigenvalue weighted by Gasteiger charge is -2.25. The van der Waals surface area contributed by atoms with Crippen LogP contribution in [0, 0.1) is 23.2 Å². The van der Waals surface area contributed by atoms with E-state index in [1.54, 1.807) is 4.90 Å². The maximum absolute atomic E-state index is 12.7. The minimum absolute atomic E-state index is 0.162. The number of hydrogen-bond donors (Lipinski definition) is 1. The summed E-state index contributed by atoms with van der Waals surface area (Å²) in [5.41, 5.74) is -0.903. The molecule has 1 aliphatic heterocycles. The molecule has 3 fully saturated rings. The van der Waals surface area contributed by atoms with E-state index in [-0.39, 0.29) is 18.4 Å². The van der Waals surface area contributed by atoms with Crippen LogP contribution in [0.3, 0.4) is 0 Å². The van der Waals surface area contributed by atoms with Gasteiger partial charge in [-0.2, -0.15) is 0 Å². The fourth-order valence-electron chi connectivity index (χ4n) is 4.51. The molecule has 0 aromatic heterocycles. The number of carbonyl (C=O) groups is 2. The normalized spacial score (nSPS) is 35.6. The topological polar surface area (TPSA) is 66.8 Å². The Balaban J connectivity index is 1.57. The van der Waals surface area contributed by atoms with Crippen molar-refractivity contribution in [2.75, 3.05) is 26.8 Å². The average Bonchev–Trinajstić information content (AvgIpc) is 3.21. The Morgan fingerprint density at radius 2 is 2.00 bits per heavy atom. The first-order chi connectivity index (χ1) is 10.6. The zero-order chi connectivity index (χ0) is 15.7. The van der Waals surface area contributed by atoms with E-state index >= 15 is 0 Å². The van der Waals surface area contributed by atoms with Gasteiger partial charge in [0.2, 0.25) is 5.91 Å². The molecule has 5 nitrogen and oxygen atoms in total. The van der Waals surface area contributed by atoms with Gasteiger partial charge in [0.15, 0.2) is 0 Å². The van der Waals surface area contributed by atoms with Crippen molar-refractivity contribution in [3.8, 4) is 0 Å². The Morgan fingerprint density at radius 3 is 2.64 bits per heavy atom. The van der Waals surface area contributed by atoms with Crippen molar-refractivity contribution in [1.82, 2.24) is 4.90 Å². The molecule has 1 heterocycles. The summed E-state index contributed by atoms with van der Waals surface area (Å²) >= 11 is 0. The molecule has 3 rings (SSSR count). The van der Waals surface area contributed by atoms with Crippen molar-refractivity contribution in [2.45, 2.75) is 44.9 Å². The summed E-state index contributed by atoms with van der Waals surface area (Å²) in [6.07, 6.45) is 8.02. The lowest BCUT2D eigenvalue weighted by atomic mass is 9.85. The van der Waals surface area contributed by atoms with Gasteiger partial charge >= 0.3 is 5.97 Å². The second-order valence-corrected chi connectivity index (χ2v) is 7.43. The monoisotopic (exact) mass is 309 g/mol. The number of carboxylic acids is 1. The van der Waals surface area contributed by atoms with Gasteiger partial charge in [-0.1, -0.05) is 32.1 Å². The second-order valence-electron chi connectivity index (χ2n) is 7.43. The summed E-state index contributed by atoms with van der Waals surface area (Å²) < 4.78 is 5.09. The molecule has 3 unspecified atom stereocenters. The molecule has 2 saturated carbocycles. The highest BCUT2D eigenvalue weighted by atomic mass is 16.5. The van der Waals surface area contributed by atoms with Gasteiger partial charge in [-0.15, -0.1) is 0 Å². The molecule has 1 amide bonds. The number of rotatable bonds is 5. The predicted octanol–water partition coefficient (Wildman–Crippen LogP) is 2.15. The lowest BCUT2D eigenvalue weighted by molar-refractivity contribution is -0.151. The van der Waals surface area contributed by atoms with Crippen molar-refractivity contribution >= 4 is 11.9 Å². The van der Waals surface area contributed by atoms with E-state index in [1.165, 1.54) is 39.2 Å².